The lowest BCUT2D eigenvalue weighted by molar-refractivity contribution is -0.135. The van der Waals surface area contributed by atoms with E-state index in [1.54, 1.807) is 52.0 Å². The van der Waals surface area contributed by atoms with Crippen molar-refractivity contribution in [3.05, 3.63) is 81.8 Å². The molecule has 6 nitrogen and oxygen atoms in total. The maximum absolute atomic E-state index is 13.3. The van der Waals surface area contributed by atoms with Gasteiger partial charge in [0.1, 0.15) is 11.3 Å². The Labute approximate surface area is 213 Å². The van der Waals surface area contributed by atoms with E-state index in [2.05, 4.69) is 15.3 Å². The molecule has 9 heteroatoms. The van der Waals surface area contributed by atoms with Crippen molar-refractivity contribution in [2.45, 2.75) is 64.3 Å². The highest BCUT2D eigenvalue weighted by molar-refractivity contribution is 6.04. The Morgan fingerprint density at radius 1 is 1.05 bits per heavy atom. The number of amides is 1. The third-order valence-corrected chi connectivity index (χ3v) is 6.36. The summed E-state index contributed by atoms with van der Waals surface area (Å²) in [5.74, 6) is -0.701. The van der Waals surface area contributed by atoms with Gasteiger partial charge < -0.3 is 15.5 Å². The van der Waals surface area contributed by atoms with Crippen LogP contribution in [0, 0.1) is 5.92 Å². The molecule has 1 aliphatic heterocycles. The monoisotopic (exact) mass is 513 g/mol. The van der Waals surface area contributed by atoms with Crippen LogP contribution in [-0.4, -0.2) is 27.3 Å². The molecule has 1 aromatic carbocycles. The molecule has 1 unspecified atom stereocenters. The number of halogens is 3. The number of carbonyl (C=O) groups is 1. The molecule has 0 fully saturated rings. The Hall–Kier alpha value is -3.30. The number of aliphatic hydroxyl groups is 2. The quantitative estimate of drug-likeness (QED) is 0.512. The topological polar surface area (TPSA) is 94.8 Å². The molecule has 0 saturated carbocycles. The number of pyridine rings is 1. The number of hydrogen-bond acceptors (Lipinski definition) is 5. The Bertz CT molecular complexity index is 1410. The van der Waals surface area contributed by atoms with Crippen LogP contribution in [0.5, 0.6) is 0 Å². The summed E-state index contributed by atoms with van der Waals surface area (Å²) in [6.07, 6.45) is 0.860. The van der Waals surface area contributed by atoms with Gasteiger partial charge in [-0.05, 0) is 64.7 Å². The number of allylic oxidation sites excluding steroid dienone is 3. The van der Waals surface area contributed by atoms with Gasteiger partial charge in [-0.15, -0.1) is 0 Å². The summed E-state index contributed by atoms with van der Waals surface area (Å²) >= 11 is 0. The highest BCUT2D eigenvalue weighted by Gasteiger charge is 2.29. The number of nitrogens with zero attached hydrogens (tertiary/aromatic N) is 2. The fourth-order valence-electron chi connectivity index (χ4n) is 4.49. The second kappa shape index (κ2) is 9.54. The van der Waals surface area contributed by atoms with E-state index >= 15 is 0 Å². The summed E-state index contributed by atoms with van der Waals surface area (Å²) in [4.78, 5) is 22.2. The van der Waals surface area contributed by atoms with Crippen LogP contribution in [0.3, 0.4) is 0 Å². The van der Waals surface area contributed by atoms with Crippen LogP contribution in [0.2, 0.25) is 0 Å². The molecule has 3 N–H and O–H groups in total. The molecule has 196 valence electrons. The summed E-state index contributed by atoms with van der Waals surface area (Å²) in [6, 6.07) is 8.25. The lowest BCUT2D eigenvalue weighted by Gasteiger charge is -2.23. The van der Waals surface area contributed by atoms with Crippen molar-refractivity contribution in [2.75, 3.05) is 5.32 Å². The molecule has 0 radical (unpaired) electrons. The third kappa shape index (κ3) is 5.99. The molecule has 0 saturated heterocycles. The van der Waals surface area contributed by atoms with E-state index in [9.17, 15) is 28.2 Å². The molecule has 1 aromatic heterocycles. The minimum absolute atomic E-state index is 0.0193. The largest absolute Gasteiger partial charge is 0.389 e. The van der Waals surface area contributed by atoms with Gasteiger partial charge in [-0.25, -0.2) is 9.98 Å². The number of nitrogens with one attached hydrogen (secondary N) is 1. The Balaban J connectivity index is 1.73. The van der Waals surface area contributed by atoms with Crippen LogP contribution in [0.4, 0.5) is 18.9 Å². The molecule has 4 rings (SSSR count). The number of alkyl halides is 3. The molecule has 1 aliphatic carbocycles. The Morgan fingerprint density at radius 3 is 2.43 bits per heavy atom. The standard InChI is InChI=1S/C28H30F3N3O3/c1-26(2,36)18-12-13-19-23(17-11-10-16(15-21(17)32-19)7-6-14-28(29,30)31)24(18)34-25(35)20-8-5-9-22(33-20)27(3,4)37/h5,8-13,15-16,36-37H,6-7,14H2,1-4H3,(H,34,35). The maximum Gasteiger partial charge on any atom is 0.389 e. The van der Waals surface area contributed by atoms with Crippen molar-refractivity contribution in [2.24, 2.45) is 10.9 Å². The summed E-state index contributed by atoms with van der Waals surface area (Å²) < 4.78 is 37.7. The van der Waals surface area contributed by atoms with Gasteiger partial charge in [-0.2, -0.15) is 13.2 Å². The third-order valence-electron chi connectivity index (χ3n) is 6.36. The van der Waals surface area contributed by atoms with Gasteiger partial charge in [-0.1, -0.05) is 30.4 Å². The van der Waals surface area contributed by atoms with Crippen molar-refractivity contribution in [1.29, 1.82) is 0 Å². The first-order valence-corrected chi connectivity index (χ1v) is 12.1. The zero-order chi connectivity index (χ0) is 27.2. The number of anilines is 1. The molecule has 2 heterocycles. The predicted octanol–water partition coefficient (Wildman–Crippen LogP) is 4.38. The van der Waals surface area contributed by atoms with E-state index in [0.29, 0.717) is 39.6 Å². The molecular formula is C28H30F3N3O3. The number of rotatable bonds is 7. The van der Waals surface area contributed by atoms with Gasteiger partial charge in [0.15, 0.2) is 0 Å². The first-order chi connectivity index (χ1) is 17.1. The SMILES string of the molecule is CC(C)(O)c1cccc(C(=O)Nc2c(C(C)(C)O)ccc3c2=C2C=CC(CCCC(F)(F)F)C=C2N=3)n1. The van der Waals surface area contributed by atoms with Crippen molar-refractivity contribution in [3.63, 3.8) is 0 Å². The second-order valence-corrected chi connectivity index (χ2v) is 10.5. The van der Waals surface area contributed by atoms with E-state index in [4.69, 9.17) is 0 Å². The van der Waals surface area contributed by atoms with Gasteiger partial charge in [-0.3, -0.25) is 4.79 Å². The lowest BCUT2D eigenvalue weighted by atomic mass is 9.90. The van der Waals surface area contributed by atoms with E-state index in [1.807, 2.05) is 18.2 Å². The first-order valence-electron chi connectivity index (χ1n) is 12.1. The van der Waals surface area contributed by atoms with Crippen LogP contribution >= 0.6 is 0 Å². The van der Waals surface area contributed by atoms with Crippen LogP contribution < -0.4 is 15.9 Å². The minimum atomic E-state index is -4.18. The minimum Gasteiger partial charge on any atom is -0.386 e. The van der Waals surface area contributed by atoms with Crippen LogP contribution in [0.25, 0.3) is 5.57 Å². The van der Waals surface area contributed by atoms with E-state index < -0.39 is 29.7 Å². The highest BCUT2D eigenvalue weighted by atomic mass is 19.4. The highest BCUT2D eigenvalue weighted by Crippen LogP contribution is 2.32. The Kier molecular flexibility index (Phi) is 6.90. The predicted molar refractivity (Wildman–Crippen MR) is 134 cm³/mol. The fraction of sp³-hybridized carbons (Fsp3) is 0.393. The van der Waals surface area contributed by atoms with Crippen molar-refractivity contribution in [1.82, 2.24) is 4.98 Å². The zero-order valence-electron chi connectivity index (χ0n) is 21.1. The van der Waals surface area contributed by atoms with Gasteiger partial charge >= 0.3 is 6.18 Å². The summed E-state index contributed by atoms with van der Waals surface area (Å²) in [5.41, 5.74) is 0.102. The van der Waals surface area contributed by atoms with E-state index in [1.165, 1.54) is 6.07 Å². The molecule has 37 heavy (non-hydrogen) atoms. The molecule has 0 spiro atoms. The van der Waals surface area contributed by atoms with Crippen molar-refractivity contribution in [3.8, 4) is 0 Å². The molecule has 1 amide bonds. The van der Waals surface area contributed by atoms with E-state index in [-0.39, 0.29) is 18.0 Å². The molecule has 1 atom stereocenters. The van der Waals surface area contributed by atoms with Gasteiger partial charge in [0.25, 0.3) is 5.91 Å². The number of hydrogen-bond donors (Lipinski definition) is 3. The average Bonchev–Trinajstić information content (AvgIpc) is 3.15. The zero-order valence-corrected chi connectivity index (χ0v) is 21.1. The summed E-state index contributed by atoms with van der Waals surface area (Å²) in [7, 11) is 0. The number of aromatic nitrogens is 1. The summed E-state index contributed by atoms with van der Waals surface area (Å²) in [5, 5.41) is 25.3. The molecule has 0 bridgehead atoms. The van der Waals surface area contributed by atoms with E-state index in [0.717, 1.165) is 5.57 Å². The average molecular weight is 514 g/mol. The van der Waals surface area contributed by atoms with Gasteiger partial charge in [0.05, 0.1) is 28.0 Å². The van der Waals surface area contributed by atoms with Crippen LogP contribution in [-0.2, 0) is 11.2 Å². The first kappa shape index (κ1) is 26.8. The Morgan fingerprint density at radius 2 is 1.78 bits per heavy atom. The maximum atomic E-state index is 13.3. The normalized spacial score (nSPS) is 17.2. The van der Waals surface area contributed by atoms with Crippen LogP contribution in [0.15, 0.2) is 59.2 Å². The van der Waals surface area contributed by atoms with Crippen LogP contribution in [0.1, 0.15) is 68.7 Å². The lowest BCUT2D eigenvalue weighted by Crippen LogP contribution is -2.34. The summed E-state index contributed by atoms with van der Waals surface area (Å²) in [6.45, 7) is 6.37. The molecule has 2 aliphatic rings. The smallest absolute Gasteiger partial charge is 0.386 e. The number of benzene rings is 1. The number of carbonyl (C=O) groups excluding carboxylic acids is 1. The van der Waals surface area contributed by atoms with Crippen molar-refractivity contribution >= 4 is 17.2 Å². The second-order valence-electron chi connectivity index (χ2n) is 10.5. The van der Waals surface area contributed by atoms with Gasteiger partial charge in [0.2, 0.25) is 0 Å². The fourth-order valence-corrected chi connectivity index (χ4v) is 4.49. The molecular weight excluding hydrogens is 483 g/mol. The van der Waals surface area contributed by atoms with Crippen molar-refractivity contribution < 1.29 is 28.2 Å². The van der Waals surface area contributed by atoms with Gasteiger partial charge in [0, 0.05) is 22.8 Å². The number of fused-ring (bicyclic) bond motifs is 2. The molecule has 2 aromatic rings.